The number of hydrogen-bond acceptors (Lipinski definition) is 1. The first-order valence-electron chi connectivity index (χ1n) is 4.95. The summed E-state index contributed by atoms with van der Waals surface area (Å²) in [4.78, 5) is 0. The fourth-order valence-corrected chi connectivity index (χ4v) is 1.54. The van der Waals surface area contributed by atoms with Gasteiger partial charge >= 0.3 is 0 Å². The maximum absolute atomic E-state index is 12.9. The molecule has 0 radical (unpaired) electrons. The third-order valence-electron chi connectivity index (χ3n) is 2.29. The lowest BCUT2D eigenvalue weighted by atomic mass is 9.96. The van der Waals surface area contributed by atoms with Gasteiger partial charge in [-0.2, -0.15) is 0 Å². The molecule has 0 aromatic heterocycles. The van der Waals surface area contributed by atoms with Gasteiger partial charge in [0.15, 0.2) is 0 Å². The SMILES string of the molecule is Cc1ccc(F)cc1C(O)CC(C)C. The Bertz CT molecular complexity index is 307. The molecular formula is C12H17FO. The van der Waals surface area contributed by atoms with Crippen LogP contribution in [0.15, 0.2) is 18.2 Å². The number of halogens is 1. The number of benzene rings is 1. The third-order valence-corrected chi connectivity index (χ3v) is 2.29. The first-order valence-corrected chi connectivity index (χ1v) is 4.95. The number of hydrogen-bond donors (Lipinski definition) is 1. The topological polar surface area (TPSA) is 20.2 Å². The molecule has 78 valence electrons. The van der Waals surface area contributed by atoms with Gasteiger partial charge in [-0.1, -0.05) is 19.9 Å². The summed E-state index contributed by atoms with van der Waals surface area (Å²) in [6.45, 7) is 5.97. The van der Waals surface area contributed by atoms with Crippen LogP contribution < -0.4 is 0 Å². The van der Waals surface area contributed by atoms with E-state index in [9.17, 15) is 9.50 Å². The first kappa shape index (κ1) is 11.2. The third kappa shape index (κ3) is 2.81. The molecule has 0 spiro atoms. The van der Waals surface area contributed by atoms with E-state index in [4.69, 9.17) is 0 Å². The Morgan fingerprint density at radius 3 is 2.57 bits per heavy atom. The van der Waals surface area contributed by atoms with Crippen LogP contribution in [-0.2, 0) is 0 Å². The zero-order chi connectivity index (χ0) is 10.7. The predicted octanol–water partition coefficient (Wildman–Crippen LogP) is 3.21. The van der Waals surface area contributed by atoms with Gasteiger partial charge in [0.25, 0.3) is 0 Å². The average Bonchev–Trinajstić information content (AvgIpc) is 2.08. The minimum atomic E-state index is -0.550. The molecule has 14 heavy (non-hydrogen) atoms. The van der Waals surface area contributed by atoms with Crippen molar-refractivity contribution in [3.63, 3.8) is 0 Å². The smallest absolute Gasteiger partial charge is 0.123 e. The number of aryl methyl sites for hydroxylation is 1. The Labute approximate surface area is 84.6 Å². The van der Waals surface area contributed by atoms with Crippen LogP contribution in [0.4, 0.5) is 4.39 Å². The molecule has 0 saturated heterocycles. The summed E-state index contributed by atoms with van der Waals surface area (Å²) < 4.78 is 12.9. The lowest BCUT2D eigenvalue weighted by Crippen LogP contribution is -2.04. The van der Waals surface area contributed by atoms with E-state index in [0.717, 1.165) is 5.56 Å². The van der Waals surface area contributed by atoms with Crippen molar-refractivity contribution in [2.75, 3.05) is 0 Å². The highest BCUT2D eigenvalue weighted by Crippen LogP contribution is 2.24. The standard InChI is InChI=1S/C12H17FO/c1-8(2)6-12(14)11-7-10(13)5-4-9(11)3/h4-5,7-8,12,14H,6H2,1-3H3. The summed E-state index contributed by atoms with van der Waals surface area (Å²) in [5, 5.41) is 9.83. The fraction of sp³-hybridized carbons (Fsp3) is 0.500. The average molecular weight is 196 g/mol. The predicted molar refractivity (Wildman–Crippen MR) is 55.6 cm³/mol. The number of aliphatic hydroxyl groups is 1. The quantitative estimate of drug-likeness (QED) is 0.787. The maximum Gasteiger partial charge on any atom is 0.123 e. The minimum Gasteiger partial charge on any atom is -0.388 e. The van der Waals surface area contributed by atoms with Crippen LogP contribution in [0.5, 0.6) is 0 Å². The molecule has 0 aliphatic carbocycles. The largest absolute Gasteiger partial charge is 0.388 e. The second kappa shape index (κ2) is 4.56. The van der Waals surface area contributed by atoms with Crippen LogP contribution in [0.1, 0.15) is 37.5 Å². The Morgan fingerprint density at radius 2 is 2.00 bits per heavy atom. The zero-order valence-electron chi connectivity index (χ0n) is 8.92. The van der Waals surface area contributed by atoms with Gasteiger partial charge in [0.2, 0.25) is 0 Å². The second-order valence-corrected chi connectivity index (χ2v) is 4.15. The highest BCUT2D eigenvalue weighted by Gasteiger charge is 2.12. The van der Waals surface area contributed by atoms with Crippen LogP contribution >= 0.6 is 0 Å². The fourth-order valence-electron chi connectivity index (χ4n) is 1.54. The van der Waals surface area contributed by atoms with Crippen molar-refractivity contribution < 1.29 is 9.50 Å². The lowest BCUT2D eigenvalue weighted by molar-refractivity contribution is 0.150. The molecule has 1 atom stereocenters. The molecule has 1 nitrogen and oxygen atoms in total. The molecule has 1 rings (SSSR count). The minimum absolute atomic E-state index is 0.284. The Morgan fingerprint density at radius 1 is 1.36 bits per heavy atom. The van der Waals surface area contributed by atoms with E-state index in [0.29, 0.717) is 17.9 Å². The van der Waals surface area contributed by atoms with Crippen LogP contribution in [-0.4, -0.2) is 5.11 Å². The van der Waals surface area contributed by atoms with Crippen molar-refractivity contribution in [1.82, 2.24) is 0 Å². The van der Waals surface area contributed by atoms with Gasteiger partial charge in [-0.25, -0.2) is 4.39 Å². The summed E-state index contributed by atoms with van der Waals surface area (Å²) in [6.07, 6.45) is 0.121. The molecule has 1 aromatic carbocycles. The highest BCUT2D eigenvalue weighted by molar-refractivity contribution is 5.28. The van der Waals surface area contributed by atoms with Crippen LogP contribution in [0.2, 0.25) is 0 Å². The van der Waals surface area contributed by atoms with Gasteiger partial charge in [-0.15, -0.1) is 0 Å². The molecule has 2 heteroatoms. The lowest BCUT2D eigenvalue weighted by Gasteiger charge is -2.15. The van der Waals surface area contributed by atoms with Gasteiger partial charge in [0.05, 0.1) is 6.10 Å². The summed E-state index contributed by atoms with van der Waals surface area (Å²) in [7, 11) is 0. The van der Waals surface area contributed by atoms with E-state index in [1.165, 1.54) is 12.1 Å². The molecule has 1 N–H and O–H groups in total. The monoisotopic (exact) mass is 196 g/mol. The van der Waals surface area contributed by atoms with E-state index in [-0.39, 0.29) is 5.82 Å². The van der Waals surface area contributed by atoms with Gasteiger partial charge in [-0.3, -0.25) is 0 Å². The Balaban J connectivity index is 2.88. The summed E-state index contributed by atoms with van der Waals surface area (Å²) in [6, 6.07) is 4.54. The van der Waals surface area contributed by atoms with Crippen molar-refractivity contribution in [1.29, 1.82) is 0 Å². The normalized spacial score (nSPS) is 13.3. The first-order chi connectivity index (χ1) is 6.50. The van der Waals surface area contributed by atoms with Crippen LogP contribution in [0.25, 0.3) is 0 Å². The van der Waals surface area contributed by atoms with Gasteiger partial charge in [0.1, 0.15) is 5.82 Å². The van der Waals surface area contributed by atoms with Crippen molar-refractivity contribution >= 4 is 0 Å². The molecule has 1 unspecified atom stereocenters. The van der Waals surface area contributed by atoms with Gasteiger partial charge in [0, 0.05) is 0 Å². The molecule has 0 aliphatic heterocycles. The summed E-state index contributed by atoms with van der Waals surface area (Å²) >= 11 is 0. The van der Waals surface area contributed by atoms with Crippen molar-refractivity contribution in [3.8, 4) is 0 Å². The van der Waals surface area contributed by atoms with Crippen molar-refractivity contribution in [3.05, 3.63) is 35.1 Å². The zero-order valence-corrected chi connectivity index (χ0v) is 8.92. The summed E-state index contributed by atoms with van der Waals surface area (Å²) in [5.74, 6) is 0.126. The van der Waals surface area contributed by atoms with Gasteiger partial charge < -0.3 is 5.11 Å². The number of aliphatic hydroxyl groups excluding tert-OH is 1. The van der Waals surface area contributed by atoms with E-state index in [2.05, 4.69) is 0 Å². The molecule has 0 saturated carbocycles. The summed E-state index contributed by atoms with van der Waals surface area (Å²) in [5.41, 5.74) is 1.65. The molecule has 0 heterocycles. The second-order valence-electron chi connectivity index (χ2n) is 4.15. The van der Waals surface area contributed by atoms with E-state index < -0.39 is 6.10 Å². The van der Waals surface area contributed by atoms with E-state index in [1.54, 1.807) is 6.07 Å². The van der Waals surface area contributed by atoms with Crippen LogP contribution in [0.3, 0.4) is 0 Å². The Kier molecular flexibility index (Phi) is 3.64. The highest BCUT2D eigenvalue weighted by atomic mass is 19.1. The molecule has 0 bridgehead atoms. The maximum atomic E-state index is 12.9. The van der Waals surface area contributed by atoms with Crippen LogP contribution in [0, 0.1) is 18.7 Å². The van der Waals surface area contributed by atoms with Crippen molar-refractivity contribution in [2.24, 2.45) is 5.92 Å². The van der Waals surface area contributed by atoms with Crippen molar-refractivity contribution in [2.45, 2.75) is 33.3 Å². The molecule has 1 aromatic rings. The molecule has 0 amide bonds. The Hall–Kier alpha value is -0.890. The number of rotatable bonds is 3. The molecule has 0 aliphatic rings. The molecule has 0 fully saturated rings. The van der Waals surface area contributed by atoms with Gasteiger partial charge in [-0.05, 0) is 42.5 Å². The molecular weight excluding hydrogens is 179 g/mol. The van der Waals surface area contributed by atoms with E-state index >= 15 is 0 Å². The van der Waals surface area contributed by atoms with E-state index in [1.807, 2.05) is 20.8 Å².